The number of rotatable bonds is 6. The number of hydrogen-bond donors (Lipinski definition) is 1. The molecule has 1 amide bonds. The Kier molecular flexibility index (Phi) is 5.69. The number of anilines is 1. The smallest absolute Gasteiger partial charge is 0.274 e. The van der Waals surface area contributed by atoms with Crippen LogP contribution in [0.5, 0.6) is 0 Å². The van der Waals surface area contributed by atoms with E-state index < -0.39 is 0 Å². The Bertz CT molecular complexity index is 402. The minimum absolute atomic E-state index is 0.0944. The van der Waals surface area contributed by atoms with Crippen molar-refractivity contribution in [1.29, 1.82) is 0 Å². The van der Waals surface area contributed by atoms with Crippen molar-refractivity contribution in [2.24, 2.45) is 5.92 Å². The molecule has 0 aromatic carbocycles. The average Bonchev–Trinajstić information content (AvgIpc) is 2.34. The van der Waals surface area contributed by atoms with Gasteiger partial charge >= 0.3 is 0 Å². The van der Waals surface area contributed by atoms with Crippen molar-refractivity contribution >= 4 is 11.7 Å². The predicted molar refractivity (Wildman–Crippen MR) is 75.7 cm³/mol. The van der Waals surface area contributed by atoms with Crippen LogP contribution < -0.4 is 5.73 Å². The molecular formula is C13H23N5O. The van der Waals surface area contributed by atoms with Gasteiger partial charge in [0, 0.05) is 19.6 Å². The fraction of sp³-hybridized carbons (Fsp3) is 0.615. The fourth-order valence-corrected chi connectivity index (χ4v) is 1.65. The maximum Gasteiger partial charge on any atom is 0.274 e. The van der Waals surface area contributed by atoms with E-state index in [2.05, 4.69) is 28.7 Å². The van der Waals surface area contributed by atoms with Crippen LogP contribution >= 0.6 is 0 Å². The van der Waals surface area contributed by atoms with E-state index >= 15 is 0 Å². The highest BCUT2D eigenvalue weighted by atomic mass is 16.2. The van der Waals surface area contributed by atoms with Gasteiger partial charge in [0.1, 0.15) is 11.5 Å². The molecule has 0 unspecified atom stereocenters. The zero-order valence-corrected chi connectivity index (χ0v) is 12.1. The second-order valence-corrected chi connectivity index (χ2v) is 5.27. The van der Waals surface area contributed by atoms with Gasteiger partial charge in [-0.3, -0.25) is 4.79 Å². The summed E-state index contributed by atoms with van der Waals surface area (Å²) in [6.07, 6.45) is 2.84. The molecule has 1 heterocycles. The molecule has 6 heteroatoms. The Morgan fingerprint density at radius 2 is 1.95 bits per heavy atom. The van der Waals surface area contributed by atoms with Gasteiger partial charge in [-0.15, -0.1) is 0 Å². The van der Waals surface area contributed by atoms with Crippen LogP contribution in [0.2, 0.25) is 0 Å². The third-order valence-electron chi connectivity index (χ3n) is 2.58. The normalized spacial score (nSPS) is 11.1. The number of amides is 1. The third kappa shape index (κ3) is 5.21. The molecule has 0 aliphatic carbocycles. The molecule has 0 bridgehead atoms. The van der Waals surface area contributed by atoms with Crippen molar-refractivity contribution in [2.75, 3.05) is 39.5 Å². The molecule has 106 valence electrons. The lowest BCUT2D eigenvalue weighted by Crippen LogP contribution is -2.39. The summed E-state index contributed by atoms with van der Waals surface area (Å²) in [6.45, 7) is 6.38. The van der Waals surface area contributed by atoms with E-state index in [0.29, 0.717) is 30.5 Å². The van der Waals surface area contributed by atoms with Crippen LogP contribution in [0.1, 0.15) is 24.3 Å². The molecule has 0 aliphatic heterocycles. The lowest BCUT2D eigenvalue weighted by molar-refractivity contribution is 0.0718. The molecule has 0 fully saturated rings. The van der Waals surface area contributed by atoms with Crippen molar-refractivity contribution in [2.45, 2.75) is 13.8 Å². The number of nitrogens with zero attached hydrogens (tertiary/aromatic N) is 4. The largest absolute Gasteiger partial charge is 0.382 e. The maximum atomic E-state index is 12.4. The van der Waals surface area contributed by atoms with Gasteiger partial charge in [-0.05, 0) is 20.0 Å². The summed E-state index contributed by atoms with van der Waals surface area (Å²) in [4.78, 5) is 24.2. The average molecular weight is 265 g/mol. The predicted octanol–water partition coefficient (Wildman–Crippen LogP) is 0.719. The number of likely N-dealkylation sites (N-methyl/N-ethyl adjacent to an activating group) is 1. The topological polar surface area (TPSA) is 75.3 Å². The molecule has 0 saturated carbocycles. The first-order valence-electron chi connectivity index (χ1n) is 6.41. The zero-order valence-electron chi connectivity index (χ0n) is 12.1. The summed E-state index contributed by atoms with van der Waals surface area (Å²) in [5.74, 6) is 0.635. The van der Waals surface area contributed by atoms with Crippen LogP contribution in [0, 0.1) is 5.92 Å². The van der Waals surface area contributed by atoms with Gasteiger partial charge in [-0.2, -0.15) is 0 Å². The quantitative estimate of drug-likeness (QED) is 0.820. The highest BCUT2D eigenvalue weighted by molar-refractivity contribution is 5.92. The van der Waals surface area contributed by atoms with Gasteiger partial charge in [0.25, 0.3) is 5.91 Å². The second-order valence-electron chi connectivity index (χ2n) is 5.27. The molecule has 0 saturated heterocycles. The minimum atomic E-state index is -0.0944. The van der Waals surface area contributed by atoms with E-state index in [0.717, 1.165) is 6.54 Å². The summed E-state index contributed by atoms with van der Waals surface area (Å²) in [6, 6.07) is 0. The van der Waals surface area contributed by atoms with E-state index in [1.54, 1.807) is 0 Å². The van der Waals surface area contributed by atoms with Crippen molar-refractivity contribution in [3.8, 4) is 0 Å². The highest BCUT2D eigenvalue weighted by Gasteiger charge is 2.18. The number of hydrogen-bond acceptors (Lipinski definition) is 5. The van der Waals surface area contributed by atoms with E-state index in [9.17, 15) is 4.79 Å². The lowest BCUT2D eigenvalue weighted by atomic mass is 10.2. The van der Waals surface area contributed by atoms with Gasteiger partial charge in [0.05, 0.1) is 12.4 Å². The molecule has 1 rings (SSSR count). The first-order valence-corrected chi connectivity index (χ1v) is 6.41. The van der Waals surface area contributed by atoms with Crippen LogP contribution in [0.25, 0.3) is 0 Å². The number of nitrogen functional groups attached to an aromatic ring is 1. The number of carbonyl (C=O) groups excluding carboxylic acids is 1. The molecular weight excluding hydrogens is 242 g/mol. The first-order chi connectivity index (χ1) is 8.90. The molecule has 2 N–H and O–H groups in total. The SMILES string of the molecule is CC(C)CN(CCN(C)C)C(=O)c1cnc(N)cn1. The maximum absolute atomic E-state index is 12.4. The summed E-state index contributed by atoms with van der Waals surface area (Å²) in [5, 5.41) is 0. The van der Waals surface area contributed by atoms with Crippen LogP contribution in [-0.2, 0) is 0 Å². The van der Waals surface area contributed by atoms with Crippen molar-refractivity contribution < 1.29 is 4.79 Å². The van der Waals surface area contributed by atoms with E-state index in [1.807, 2.05) is 19.0 Å². The number of aromatic nitrogens is 2. The van der Waals surface area contributed by atoms with Gasteiger partial charge in [-0.1, -0.05) is 13.8 Å². The van der Waals surface area contributed by atoms with Gasteiger partial charge < -0.3 is 15.5 Å². The van der Waals surface area contributed by atoms with E-state index in [1.165, 1.54) is 12.4 Å². The summed E-state index contributed by atoms with van der Waals surface area (Å²) < 4.78 is 0. The monoisotopic (exact) mass is 265 g/mol. The van der Waals surface area contributed by atoms with Gasteiger partial charge in [0.15, 0.2) is 0 Å². The summed E-state index contributed by atoms with van der Waals surface area (Å²) >= 11 is 0. The third-order valence-corrected chi connectivity index (χ3v) is 2.58. The molecule has 0 radical (unpaired) electrons. The van der Waals surface area contributed by atoms with Gasteiger partial charge in [0.2, 0.25) is 0 Å². The van der Waals surface area contributed by atoms with Crippen LogP contribution in [0.15, 0.2) is 12.4 Å². The molecule has 0 atom stereocenters. The molecule has 1 aromatic rings. The Labute approximate surface area is 114 Å². The highest BCUT2D eigenvalue weighted by Crippen LogP contribution is 2.06. The van der Waals surface area contributed by atoms with Crippen LogP contribution in [-0.4, -0.2) is 59.4 Å². The Morgan fingerprint density at radius 3 is 2.42 bits per heavy atom. The number of nitrogens with two attached hydrogens (primary N) is 1. The van der Waals surface area contributed by atoms with Crippen molar-refractivity contribution in [3.05, 3.63) is 18.1 Å². The zero-order chi connectivity index (χ0) is 14.4. The standard InChI is InChI=1S/C13H23N5O/c1-10(2)9-18(6-5-17(3)4)13(19)11-7-16-12(14)8-15-11/h7-8,10H,5-6,9H2,1-4H3,(H2,14,16). The van der Waals surface area contributed by atoms with Gasteiger partial charge in [-0.25, -0.2) is 9.97 Å². The first kappa shape index (κ1) is 15.4. The Morgan fingerprint density at radius 1 is 1.26 bits per heavy atom. The van der Waals surface area contributed by atoms with Crippen molar-refractivity contribution in [1.82, 2.24) is 19.8 Å². The molecule has 6 nitrogen and oxygen atoms in total. The van der Waals surface area contributed by atoms with Crippen molar-refractivity contribution in [3.63, 3.8) is 0 Å². The number of carbonyl (C=O) groups is 1. The van der Waals surface area contributed by atoms with E-state index in [4.69, 9.17) is 5.73 Å². The molecule has 19 heavy (non-hydrogen) atoms. The Hall–Kier alpha value is -1.69. The van der Waals surface area contributed by atoms with Crippen LogP contribution in [0.3, 0.4) is 0 Å². The molecule has 0 aliphatic rings. The fourth-order valence-electron chi connectivity index (χ4n) is 1.65. The summed E-state index contributed by atoms with van der Waals surface area (Å²) in [7, 11) is 3.97. The Balaban J connectivity index is 2.77. The minimum Gasteiger partial charge on any atom is -0.382 e. The molecule has 0 spiro atoms. The summed E-state index contributed by atoms with van der Waals surface area (Å²) in [5.41, 5.74) is 5.82. The lowest BCUT2D eigenvalue weighted by Gasteiger charge is -2.25. The van der Waals surface area contributed by atoms with E-state index in [-0.39, 0.29) is 5.91 Å². The molecule has 1 aromatic heterocycles. The second kappa shape index (κ2) is 7.04. The van der Waals surface area contributed by atoms with Crippen LogP contribution in [0.4, 0.5) is 5.82 Å².